The van der Waals surface area contributed by atoms with Gasteiger partial charge in [0.1, 0.15) is 5.75 Å². The molecule has 0 saturated carbocycles. The van der Waals surface area contributed by atoms with Crippen molar-refractivity contribution < 1.29 is 66.0 Å². The van der Waals surface area contributed by atoms with Gasteiger partial charge in [0.15, 0.2) is 17.3 Å². The number of methoxy groups -OCH3 is 2. The summed E-state index contributed by atoms with van der Waals surface area (Å²) in [6.07, 6.45) is -7.25. The van der Waals surface area contributed by atoms with Gasteiger partial charge in [-0.3, -0.25) is 0 Å². The Hall–Kier alpha value is -3.17. The zero-order valence-electron chi connectivity index (χ0n) is 19.8. The third kappa shape index (κ3) is 5.10. The first-order valence-electron chi connectivity index (χ1n) is 10.7. The highest BCUT2D eigenvalue weighted by atomic mass is 32.2. The summed E-state index contributed by atoms with van der Waals surface area (Å²) in [7, 11) is -4.90. The molecule has 0 radical (unpaired) electrons. The number of allylic oxidation sites excluding steroid dienone is 1. The van der Waals surface area contributed by atoms with E-state index in [2.05, 4.69) is 4.18 Å². The molecule has 1 aliphatic rings. The Kier molecular flexibility index (Phi) is 7.86. The molecule has 0 N–H and O–H groups in total. The van der Waals surface area contributed by atoms with Crippen molar-refractivity contribution in [3.63, 3.8) is 0 Å². The molecule has 0 heterocycles. The molecule has 3 rings (SSSR count). The van der Waals surface area contributed by atoms with E-state index in [1.807, 2.05) is 0 Å². The third-order valence-corrected chi connectivity index (χ3v) is 7.10. The Morgan fingerprint density at radius 2 is 1.44 bits per heavy atom. The van der Waals surface area contributed by atoms with E-state index in [0.717, 1.165) is 31.4 Å². The van der Waals surface area contributed by atoms with Crippen LogP contribution in [0.3, 0.4) is 0 Å². The van der Waals surface area contributed by atoms with E-state index in [4.69, 9.17) is 9.47 Å². The summed E-state index contributed by atoms with van der Waals surface area (Å²) in [4.78, 5) is 0. The van der Waals surface area contributed by atoms with Crippen LogP contribution in [0.1, 0.15) is 29.5 Å². The van der Waals surface area contributed by atoms with Crippen molar-refractivity contribution in [1.82, 2.24) is 0 Å². The minimum Gasteiger partial charge on any atom is -0.497 e. The predicted octanol–water partition coefficient (Wildman–Crippen LogP) is 6.82. The van der Waals surface area contributed by atoms with Gasteiger partial charge in [0, 0.05) is 11.1 Å². The van der Waals surface area contributed by atoms with Crippen LogP contribution in [0.15, 0.2) is 36.4 Å². The van der Waals surface area contributed by atoms with E-state index >= 15 is 0 Å². The molecule has 39 heavy (non-hydrogen) atoms. The van der Waals surface area contributed by atoms with E-state index in [-0.39, 0.29) is 53.0 Å². The van der Waals surface area contributed by atoms with Crippen molar-refractivity contribution in [2.24, 2.45) is 0 Å². The van der Waals surface area contributed by atoms with E-state index in [1.165, 1.54) is 19.2 Å². The maximum Gasteiger partial charge on any atom is 0.460 e. The second-order valence-corrected chi connectivity index (χ2v) is 9.82. The third-order valence-electron chi connectivity index (χ3n) is 5.83. The number of alkyl halides is 9. The van der Waals surface area contributed by atoms with Crippen LogP contribution in [-0.2, 0) is 20.7 Å². The number of aryl methyl sites for hydroxylation is 1. The van der Waals surface area contributed by atoms with E-state index in [9.17, 15) is 52.3 Å². The van der Waals surface area contributed by atoms with Crippen LogP contribution in [0.5, 0.6) is 11.5 Å². The fourth-order valence-corrected chi connectivity index (χ4v) is 4.72. The van der Waals surface area contributed by atoms with E-state index in [1.54, 1.807) is 0 Å². The molecule has 0 aromatic heterocycles. The lowest BCUT2D eigenvalue weighted by Crippen LogP contribution is -2.63. The molecule has 2 aromatic carbocycles. The van der Waals surface area contributed by atoms with Gasteiger partial charge in [0.2, 0.25) is 0 Å². The summed E-state index contributed by atoms with van der Waals surface area (Å²) in [6.45, 7) is 0. The quantitative estimate of drug-likeness (QED) is 0.247. The minimum atomic E-state index is -7.49. The molecule has 0 fully saturated rings. The van der Waals surface area contributed by atoms with Crippen LogP contribution in [0.25, 0.3) is 11.3 Å². The van der Waals surface area contributed by atoms with Gasteiger partial charge >= 0.3 is 33.4 Å². The molecule has 0 bridgehead atoms. The summed E-state index contributed by atoms with van der Waals surface area (Å²) in [5.41, 5.74) is -0.687. The van der Waals surface area contributed by atoms with Gasteiger partial charge in [-0.05, 0) is 60.7 Å². The molecule has 1 aliphatic carbocycles. The average molecular weight is 596 g/mol. The fraction of sp³-hybridized carbons (Fsp3) is 0.391. The van der Waals surface area contributed by atoms with Gasteiger partial charge in [-0.1, -0.05) is 6.07 Å². The van der Waals surface area contributed by atoms with Crippen molar-refractivity contribution in [3.05, 3.63) is 58.9 Å². The number of ether oxygens (including phenoxy) is 2. The van der Waals surface area contributed by atoms with Crippen LogP contribution in [0.4, 0.5) is 43.9 Å². The molecular formula is C23H18F10O5S. The standard InChI is InChI=1S/C23H18F10O5S/c1-36-14-7-8-16-12(10-14)4-3-5-15(13-6-9-18(37-2)17(24)11-13)19(16)38-39(34,35)23(32,33)21(27,28)20(25,26)22(29,30)31/h6-11H,3-5H2,1-2H3. The van der Waals surface area contributed by atoms with Gasteiger partial charge in [-0.2, -0.15) is 47.9 Å². The zero-order valence-corrected chi connectivity index (χ0v) is 20.6. The maximum absolute atomic E-state index is 14.5. The number of benzene rings is 2. The van der Waals surface area contributed by atoms with Crippen LogP contribution < -0.4 is 9.47 Å². The van der Waals surface area contributed by atoms with Gasteiger partial charge in [-0.25, -0.2) is 4.39 Å². The highest BCUT2D eigenvalue weighted by molar-refractivity contribution is 7.88. The smallest absolute Gasteiger partial charge is 0.460 e. The minimum absolute atomic E-state index is 0.0975. The Morgan fingerprint density at radius 1 is 0.795 bits per heavy atom. The number of hydrogen-bond acceptors (Lipinski definition) is 5. The lowest BCUT2D eigenvalue weighted by molar-refractivity contribution is -0.382. The average Bonchev–Trinajstić information content (AvgIpc) is 3.01. The van der Waals surface area contributed by atoms with Crippen LogP contribution in [-0.4, -0.2) is 45.9 Å². The van der Waals surface area contributed by atoms with Gasteiger partial charge in [0.05, 0.1) is 14.2 Å². The lowest BCUT2D eigenvalue weighted by Gasteiger charge is -2.33. The maximum atomic E-state index is 14.5. The lowest BCUT2D eigenvalue weighted by atomic mass is 9.98. The molecule has 5 nitrogen and oxygen atoms in total. The van der Waals surface area contributed by atoms with E-state index < -0.39 is 45.0 Å². The molecule has 0 aliphatic heterocycles. The first-order chi connectivity index (χ1) is 17.8. The van der Waals surface area contributed by atoms with Crippen molar-refractivity contribution in [2.45, 2.75) is 42.5 Å². The SMILES string of the molecule is COc1ccc2c(c1)CCCC(c1ccc(OC)c(F)c1)=C2OS(=O)(=O)C(F)(F)C(F)(F)C(F)(F)C(F)(F)F. The summed E-state index contributed by atoms with van der Waals surface area (Å²) in [6, 6.07) is 6.57. The van der Waals surface area contributed by atoms with Crippen molar-refractivity contribution >= 4 is 21.5 Å². The topological polar surface area (TPSA) is 61.8 Å². The molecule has 0 atom stereocenters. The van der Waals surface area contributed by atoms with Crippen molar-refractivity contribution in [1.29, 1.82) is 0 Å². The molecule has 0 spiro atoms. The second kappa shape index (κ2) is 10.1. The number of rotatable bonds is 8. The molecule has 0 saturated heterocycles. The summed E-state index contributed by atoms with van der Waals surface area (Å²) in [5.74, 6) is -17.2. The van der Waals surface area contributed by atoms with Gasteiger partial charge in [0.25, 0.3) is 0 Å². The molecule has 216 valence electrons. The number of fused-ring (bicyclic) bond motifs is 1. The normalized spacial score (nSPS) is 15.5. The van der Waals surface area contributed by atoms with Crippen molar-refractivity contribution in [2.75, 3.05) is 14.2 Å². The Bertz CT molecular complexity index is 1380. The molecule has 2 aromatic rings. The van der Waals surface area contributed by atoms with Crippen LogP contribution in [0.2, 0.25) is 0 Å². The first-order valence-corrected chi connectivity index (χ1v) is 12.1. The summed E-state index contributed by atoms with van der Waals surface area (Å²) >= 11 is 0. The number of halogens is 10. The Balaban J connectivity index is 2.27. The zero-order chi connectivity index (χ0) is 29.6. The van der Waals surface area contributed by atoms with E-state index in [0.29, 0.717) is 0 Å². The first kappa shape index (κ1) is 30.4. The highest BCUT2D eigenvalue weighted by Crippen LogP contribution is 2.55. The Morgan fingerprint density at radius 3 is 1.97 bits per heavy atom. The van der Waals surface area contributed by atoms with Crippen LogP contribution in [0, 0.1) is 5.82 Å². The Labute approximate surface area is 215 Å². The summed E-state index contributed by atoms with van der Waals surface area (Å²) in [5, 5.41) is -7.08. The second-order valence-electron chi connectivity index (χ2n) is 8.23. The molecule has 0 unspecified atom stereocenters. The summed E-state index contributed by atoms with van der Waals surface area (Å²) < 4.78 is 175. The van der Waals surface area contributed by atoms with Gasteiger partial charge < -0.3 is 13.7 Å². The fourth-order valence-electron chi connectivity index (χ4n) is 3.76. The predicted molar refractivity (Wildman–Crippen MR) is 117 cm³/mol. The molecular weight excluding hydrogens is 578 g/mol. The number of hydrogen-bond donors (Lipinski definition) is 0. The largest absolute Gasteiger partial charge is 0.497 e. The van der Waals surface area contributed by atoms with Gasteiger partial charge in [-0.15, -0.1) is 0 Å². The molecule has 16 heteroatoms. The molecule has 0 amide bonds. The van der Waals surface area contributed by atoms with Crippen LogP contribution >= 0.6 is 0 Å². The monoisotopic (exact) mass is 596 g/mol. The highest BCUT2D eigenvalue weighted by Gasteiger charge is 2.86. The van der Waals surface area contributed by atoms with Crippen molar-refractivity contribution in [3.8, 4) is 11.5 Å².